The summed E-state index contributed by atoms with van der Waals surface area (Å²) in [6, 6.07) is 9.45. The third-order valence-electron chi connectivity index (χ3n) is 6.21. The molecule has 5 nitrogen and oxygen atoms in total. The second kappa shape index (κ2) is 8.41. The number of nitrogens with one attached hydrogen (secondary N) is 1. The molecule has 1 aromatic carbocycles. The number of hydrogen-bond donors (Lipinski definition) is 1. The van der Waals surface area contributed by atoms with Gasteiger partial charge < -0.3 is 10.1 Å². The molecule has 1 unspecified atom stereocenters. The predicted molar refractivity (Wildman–Crippen MR) is 117 cm³/mol. The van der Waals surface area contributed by atoms with E-state index in [4.69, 9.17) is 16.3 Å². The van der Waals surface area contributed by atoms with Gasteiger partial charge in [-0.2, -0.15) is 5.26 Å². The maximum absolute atomic E-state index is 12.8. The lowest BCUT2D eigenvalue weighted by Gasteiger charge is -2.39. The zero-order valence-corrected chi connectivity index (χ0v) is 18.4. The van der Waals surface area contributed by atoms with E-state index >= 15 is 0 Å². The normalized spacial score (nSPS) is 19.2. The Balaban J connectivity index is 1.41. The molecule has 1 amide bonds. The quantitative estimate of drug-likeness (QED) is 0.660. The summed E-state index contributed by atoms with van der Waals surface area (Å²) in [7, 11) is 0. The average Bonchev–Trinajstić information content (AvgIpc) is 3.02. The van der Waals surface area contributed by atoms with E-state index in [1.54, 1.807) is 12.1 Å². The van der Waals surface area contributed by atoms with E-state index in [0.717, 1.165) is 36.8 Å². The van der Waals surface area contributed by atoms with Crippen LogP contribution in [0.1, 0.15) is 54.2 Å². The standard InChI is InChI=1S/C23H23ClN2O3S/c1-14-3-8-17-18(12-25)21(30-19(17)11-14)26-20(27)13-29-22(28)23(9-2-10-23)15-4-6-16(24)7-5-15/h4-7,14H,2-3,8-11,13H2,1H3,(H,26,27). The summed E-state index contributed by atoms with van der Waals surface area (Å²) >= 11 is 7.43. The van der Waals surface area contributed by atoms with Crippen LogP contribution in [0.15, 0.2) is 24.3 Å². The summed E-state index contributed by atoms with van der Waals surface area (Å²) in [6.45, 7) is 1.83. The minimum atomic E-state index is -0.694. The number of carbonyl (C=O) groups excluding carboxylic acids is 2. The van der Waals surface area contributed by atoms with Gasteiger partial charge in [-0.05, 0) is 61.3 Å². The molecule has 1 heterocycles. The molecule has 1 aromatic heterocycles. The Bertz CT molecular complexity index is 1020. The zero-order valence-electron chi connectivity index (χ0n) is 16.8. The third kappa shape index (κ3) is 3.84. The fraction of sp³-hybridized carbons (Fsp3) is 0.435. The number of benzene rings is 1. The highest BCUT2D eigenvalue weighted by Crippen LogP contribution is 2.45. The first-order chi connectivity index (χ1) is 14.4. The van der Waals surface area contributed by atoms with Crippen molar-refractivity contribution in [2.75, 3.05) is 11.9 Å². The van der Waals surface area contributed by atoms with E-state index in [0.29, 0.717) is 34.3 Å². The molecule has 30 heavy (non-hydrogen) atoms. The van der Waals surface area contributed by atoms with E-state index in [-0.39, 0.29) is 12.6 Å². The summed E-state index contributed by atoms with van der Waals surface area (Å²) < 4.78 is 5.40. The molecule has 2 aromatic rings. The van der Waals surface area contributed by atoms with E-state index in [1.165, 1.54) is 16.2 Å². The first-order valence-electron chi connectivity index (χ1n) is 10.2. The van der Waals surface area contributed by atoms with Gasteiger partial charge in [-0.25, -0.2) is 0 Å². The number of ether oxygens (including phenoxy) is 1. The smallest absolute Gasteiger partial charge is 0.317 e. The summed E-state index contributed by atoms with van der Waals surface area (Å²) in [6.07, 6.45) is 5.19. The van der Waals surface area contributed by atoms with Gasteiger partial charge in [-0.1, -0.05) is 37.1 Å². The molecule has 0 spiro atoms. The summed E-state index contributed by atoms with van der Waals surface area (Å²) in [4.78, 5) is 26.5. The van der Waals surface area contributed by atoms with Crippen LogP contribution in [-0.2, 0) is 32.6 Å². The van der Waals surface area contributed by atoms with Crippen LogP contribution in [-0.4, -0.2) is 18.5 Å². The topological polar surface area (TPSA) is 79.2 Å². The van der Waals surface area contributed by atoms with Crippen molar-refractivity contribution in [2.24, 2.45) is 5.92 Å². The first kappa shape index (κ1) is 20.9. The van der Waals surface area contributed by atoms with E-state index in [2.05, 4.69) is 18.3 Å². The average molecular weight is 443 g/mol. The van der Waals surface area contributed by atoms with Crippen LogP contribution in [0.3, 0.4) is 0 Å². The maximum atomic E-state index is 12.8. The Labute approximate surface area is 185 Å². The van der Waals surface area contributed by atoms with Crippen LogP contribution in [0.25, 0.3) is 0 Å². The lowest BCUT2D eigenvalue weighted by atomic mass is 9.64. The number of halogens is 1. The van der Waals surface area contributed by atoms with Gasteiger partial charge in [0.15, 0.2) is 6.61 Å². The largest absolute Gasteiger partial charge is 0.455 e. The molecule has 0 saturated heterocycles. The maximum Gasteiger partial charge on any atom is 0.317 e. The Morgan fingerprint density at radius 3 is 2.70 bits per heavy atom. The Morgan fingerprint density at radius 1 is 1.33 bits per heavy atom. The number of hydrogen-bond acceptors (Lipinski definition) is 5. The second-order valence-electron chi connectivity index (χ2n) is 8.23. The van der Waals surface area contributed by atoms with Crippen LogP contribution in [0.5, 0.6) is 0 Å². The Morgan fingerprint density at radius 2 is 2.07 bits per heavy atom. The predicted octanol–water partition coefficient (Wildman–Crippen LogP) is 5.00. The number of fused-ring (bicyclic) bond motifs is 1. The van der Waals surface area contributed by atoms with Gasteiger partial charge in [0.05, 0.1) is 11.0 Å². The molecule has 0 bridgehead atoms. The van der Waals surface area contributed by atoms with Gasteiger partial charge in [0, 0.05) is 9.90 Å². The number of esters is 1. The number of carbonyl (C=O) groups is 2. The van der Waals surface area contributed by atoms with Crippen LogP contribution in [0.2, 0.25) is 5.02 Å². The number of thiophene rings is 1. The molecule has 0 radical (unpaired) electrons. The first-order valence-corrected chi connectivity index (χ1v) is 11.4. The lowest BCUT2D eigenvalue weighted by molar-refractivity contribution is -0.156. The Hall–Kier alpha value is -2.36. The van der Waals surface area contributed by atoms with E-state index in [9.17, 15) is 14.9 Å². The zero-order chi connectivity index (χ0) is 21.3. The van der Waals surface area contributed by atoms with Gasteiger partial charge in [0.25, 0.3) is 5.91 Å². The van der Waals surface area contributed by atoms with Gasteiger partial charge in [-0.3, -0.25) is 9.59 Å². The van der Waals surface area contributed by atoms with Crippen molar-refractivity contribution in [1.29, 1.82) is 5.26 Å². The van der Waals surface area contributed by atoms with Crippen LogP contribution in [0.4, 0.5) is 5.00 Å². The third-order valence-corrected chi connectivity index (χ3v) is 7.63. The molecule has 1 saturated carbocycles. The van der Waals surface area contributed by atoms with Crippen LogP contribution < -0.4 is 5.32 Å². The molecule has 1 N–H and O–H groups in total. The minimum absolute atomic E-state index is 0.363. The van der Waals surface area contributed by atoms with Gasteiger partial charge in [-0.15, -0.1) is 11.3 Å². The number of rotatable bonds is 5. The monoisotopic (exact) mass is 442 g/mol. The number of amides is 1. The number of nitriles is 1. The molecule has 1 fully saturated rings. The molecule has 4 rings (SSSR count). The van der Waals surface area contributed by atoms with Crippen LogP contribution in [0, 0.1) is 17.2 Å². The highest BCUT2D eigenvalue weighted by atomic mass is 35.5. The fourth-order valence-electron chi connectivity index (χ4n) is 4.30. The molecular formula is C23H23ClN2O3S. The molecule has 2 aliphatic rings. The van der Waals surface area contributed by atoms with Gasteiger partial charge in [0.2, 0.25) is 0 Å². The van der Waals surface area contributed by atoms with Crippen molar-refractivity contribution in [2.45, 2.75) is 50.9 Å². The van der Waals surface area contributed by atoms with Crippen molar-refractivity contribution in [3.8, 4) is 6.07 Å². The van der Waals surface area contributed by atoms with E-state index in [1.807, 2.05) is 12.1 Å². The van der Waals surface area contributed by atoms with Crippen molar-refractivity contribution < 1.29 is 14.3 Å². The SMILES string of the molecule is CC1CCc2c(sc(NC(=O)COC(=O)C3(c4ccc(Cl)cc4)CCC3)c2C#N)C1. The lowest BCUT2D eigenvalue weighted by Crippen LogP contribution is -2.44. The number of nitrogens with zero attached hydrogens (tertiary/aromatic N) is 1. The fourth-order valence-corrected chi connectivity index (χ4v) is 5.80. The molecule has 7 heteroatoms. The van der Waals surface area contributed by atoms with Crippen LogP contribution >= 0.6 is 22.9 Å². The number of anilines is 1. The molecule has 1 atom stereocenters. The summed E-state index contributed by atoms with van der Waals surface area (Å²) in [5, 5.41) is 13.5. The van der Waals surface area contributed by atoms with E-state index < -0.39 is 11.3 Å². The van der Waals surface area contributed by atoms with Gasteiger partial charge >= 0.3 is 5.97 Å². The highest BCUT2D eigenvalue weighted by molar-refractivity contribution is 7.16. The summed E-state index contributed by atoms with van der Waals surface area (Å²) in [5.41, 5.74) is 1.79. The van der Waals surface area contributed by atoms with Crippen molar-refractivity contribution in [3.63, 3.8) is 0 Å². The highest BCUT2D eigenvalue weighted by Gasteiger charge is 2.47. The minimum Gasteiger partial charge on any atom is -0.455 e. The second-order valence-corrected chi connectivity index (χ2v) is 9.78. The molecule has 156 valence electrons. The molecular weight excluding hydrogens is 420 g/mol. The van der Waals surface area contributed by atoms with Crippen molar-refractivity contribution in [3.05, 3.63) is 50.9 Å². The van der Waals surface area contributed by atoms with Gasteiger partial charge in [0.1, 0.15) is 11.1 Å². The van der Waals surface area contributed by atoms with Crippen molar-refractivity contribution >= 4 is 39.8 Å². The molecule has 0 aliphatic heterocycles. The Kier molecular flexibility index (Phi) is 5.86. The summed E-state index contributed by atoms with van der Waals surface area (Å²) in [5.74, 6) is -0.221. The molecule has 2 aliphatic carbocycles. The van der Waals surface area contributed by atoms with Crippen molar-refractivity contribution in [1.82, 2.24) is 0 Å².